The van der Waals surface area contributed by atoms with Crippen LogP contribution in [0.3, 0.4) is 0 Å². The van der Waals surface area contributed by atoms with Gasteiger partial charge in [0.15, 0.2) is 0 Å². The third kappa shape index (κ3) is 3.79. The molecule has 0 N–H and O–H groups in total. The van der Waals surface area contributed by atoms with E-state index in [1.54, 1.807) is 0 Å². The van der Waals surface area contributed by atoms with E-state index in [2.05, 4.69) is 38.6 Å². The fraction of sp³-hybridized carbons (Fsp3) is 0.500. The highest BCUT2D eigenvalue weighted by atomic mass is 32.1. The Morgan fingerprint density at radius 2 is 1.79 bits per heavy atom. The molecule has 0 heterocycles. The van der Waals surface area contributed by atoms with Gasteiger partial charge in [-0.1, -0.05) is 43.6 Å². The Kier molecular flexibility index (Phi) is 4.12. The van der Waals surface area contributed by atoms with Crippen LogP contribution < -0.4 is 5.46 Å². The normalized spacial score (nSPS) is 11.6. The Balaban J connectivity index is 2.64. The average molecular weight is 204 g/mol. The van der Waals surface area contributed by atoms with Gasteiger partial charge in [-0.15, -0.1) is 0 Å². The van der Waals surface area contributed by atoms with Gasteiger partial charge in [0.1, 0.15) is 7.85 Å². The minimum absolute atomic E-state index is 0.331. The van der Waals surface area contributed by atoms with Crippen LogP contribution in [0.5, 0.6) is 0 Å². The number of rotatable bonds is 4. The topological polar surface area (TPSA) is 0 Å². The highest BCUT2D eigenvalue weighted by molar-refractivity contribution is 7.80. The Hall–Kier alpha value is -0.365. The highest BCUT2D eigenvalue weighted by Gasteiger charge is 2.16. The van der Waals surface area contributed by atoms with E-state index in [4.69, 9.17) is 7.85 Å². The van der Waals surface area contributed by atoms with Gasteiger partial charge in [0.25, 0.3) is 0 Å². The van der Waals surface area contributed by atoms with Crippen molar-refractivity contribution in [1.82, 2.24) is 0 Å². The maximum absolute atomic E-state index is 5.64. The van der Waals surface area contributed by atoms with E-state index in [0.717, 1.165) is 24.1 Å². The third-order valence-electron chi connectivity index (χ3n) is 2.45. The lowest BCUT2D eigenvalue weighted by molar-refractivity contribution is 0.353. The van der Waals surface area contributed by atoms with E-state index in [1.807, 2.05) is 12.1 Å². The average Bonchev–Trinajstić information content (AvgIpc) is 2.08. The summed E-state index contributed by atoms with van der Waals surface area (Å²) in [5.74, 6) is 0.946. The van der Waals surface area contributed by atoms with Gasteiger partial charge in [-0.2, -0.15) is 12.6 Å². The van der Waals surface area contributed by atoms with E-state index < -0.39 is 0 Å². The maximum atomic E-state index is 5.64. The second-order valence-corrected chi connectivity index (χ2v) is 5.00. The molecule has 0 unspecified atom stereocenters. The second-order valence-electron chi connectivity index (χ2n) is 4.56. The molecule has 0 atom stereocenters. The first-order valence-corrected chi connectivity index (χ1v) is 5.62. The van der Waals surface area contributed by atoms with Crippen molar-refractivity contribution in [2.24, 2.45) is 5.41 Å². The van der Waals surface area contributed by atoms with E-state index in [1.165, 1.54) is 5.56 Å². The lowest BCUT2D eigenvalue weighted by Gasteiger charge is -2.23. The van der Waals surface area contributed by atoms with Crippen molar-refractivity contribution >= 4 is 25.9 Å². The molecule has 0 aliphatic carbocycles. The van der Waals surface area contributed by atoms with Crippen molar-refractivity contribution in [2.45, 2.75) is 26.7 Å². The smallest absolute Gasteiger partial charge is 0.113 e. The molecule has 1 aromatic carbocycles. The molecule has 0 bridgehead atoms. The fourth-order valence-electron chi connectivity index (χ4n) is 1.58. The minimum Gasteiger partial charge on any atom is -0.179 e. The summed E-state index contributed by atoms with van der Waals surface area (Å²) < 4.78 is 0. The molecule has 0 aliphatic heterocycles. The summed E-state index contributed by atoms with van der Waals surface area (Å²) in [7, 11) is 5.64. The highest BCUT2D eigenvalue weighted by Crippen LogP contribution is 2.25. The molecule has 1 aromatic rings. The summed E-state index contributed by atoms with van der Waals surface area (Å²) in [6, 6.07) is 8.14. The Morgan fingerprint density at radius 1 is 1.21 bits per heavy atom. The number of thiol groups is 1. The molecule has 2 radical (unpaired) electrons. The van der Waals surface area contributed by atoms with Crippen LogP contribution >= 0.6 is 12.6 Å². The molecule has 0 saturated carbocycles. The van der Waals surface area contributed by atoms with Crippen LogP contribution in [0.15, 0.2) is 24.3 Å². The lowest BCUT2D eigenvalue weighted by atomic mass is 9.82. The monoisotopic (exact) mass is 204 g/mol. The van der Waals surface area contributed by atoms with E-state index in [9.17, 15) is 0 Å². The molecule has 2 heteroatoms. The summed E-state index contributed by atoms with van der Waals surface area (Å²) >= 11 is 4.28. The van der Waals surface area contributed by atoms with Gasteiger partial charge in [-0.25, -0.2) is 0 Å². The van der Waals surface area contributed by atoms with Crippen molar-refractivity contribution in [3.63, 3.8) is 0 Å². The van der Waals surface area contributed by atoms with Crippen LogP contribution in [0.4, 0.5) is 0 Å². The number of hydrogen-bond acceptors (Lipinski definition) is 1. The first kappa shape index (κ1) is 11.7. The Morgan fingerprint density at radius 3 is 2.29 bits per heavy atom. The summed E-state index contributed by atoms with van der Waals surface area (Å²) in [6.07, 6.45) is 2.23. The molecule has 0 fully saturated rings. The molecule has 0 nitrogen and oxygen atoms in total. The van der Waals surface area contributed by atoms with Crippen molar-refractivity contribution in [1.29, 1.82) is 0 Å². The van der Waals surface area contributed by atoms with Crippen LogP contribution in [-0.2, 0) is 6.42 Å². The molecule has 1 rings (SSSR count). The van der Waals surface area contributed by atoms with Crippen molar-refractivity contribution in [3.05, 3.63) is 29.8 Å². The van der Waals surface area contributed by atoms with Gasteiger partial charge in [-0.3, -0.25) is 0 Å². The SMILES string of the molecule is [B]c1ccc(CC(C)(C)CCS)cc1. The van der Waals surface area contributed by atoms with Crippen molar-refractivity contribution in [2.75, 3.05) is 5.75 Å². The lowest BCUT2D eigenvalue weighted by Crippen LogP contribution is -2.16. The molecule has 0 spiro atoms. The zero-order chi connectivity index (χ0) is 10.6. The van der Waals surface area contributed by atoms with Crippen LogP contribution in [0.2, 0.25) is 0 Å². The fourth-order valence-corrected chi connectivity index (χ4v) is 2.18. The summed E-state index contributed by atoms with van der Waals surface area (Å²) in [5, 5.41) is 0. The summed E-state index contributed by atoms with van der Waals surface area (Å²) in [6.45, 7) is 4.55. The van der Waals surface area contributed by atoms with Gasteiger partial charge in [0, 0.05) is 0 Å². The van der Waals surface area contributed by atoms with Crippen LogP contribution in [-0.4, -0.2) is 13.6 Å². The molecule has 0 aromatic heterocycles. The largest absolute Gasteiger partial charge is 0.179 e. The predicted octanol–water partition coefficient (Wildman–Crippen LogP) is 2.37. The summed E-state index contributed by atoms with van der Waals surface area (Å²) in [4.78, 5) is 0. The molecule has 0 amide bonds. The molecule has 0 aliphatic rings. The van der Waals surface area contributed by atoms with Gasteiger partial charge in [0.05, 0.1) is 0 Å². The third-order valence-corrected chi connectivity index (χ3v) is 2.67. The van der Waals surface area contributed by atoms with Gasteiger partial charge >= 0.3 is 0 Å². The molecule has 74 valence electrons. The first-order valence-electron chi connectivity index (χ1n) is 4.99. The van der Waals surface area contributed by atoms with E-state index >= 15 is 0 Å². The van der Waals surface area contributed by atoms with Gasteiger partial charge in [-0.05, 0) is 29.6 Å². The summed E-state index contributed by atoms with van der Waals surface area (Å²) in [5.41, 5.74) is 2.52. The number of hydrogen-bond donors (Lipinski definition) is 1. The Bertz CT molecular complexity index is 277. The van der Waals surface area contributed by atoms with Crippen molar-refractivity contribution in [3.8, 4) is 0 Å². The minimum atomic E-state index is 0.331. The van der Waals surface area contributed by atoms with Crippen molar-refractivity contribution < 1.29 is 0 Å². The number of benzene rings is 1. The van der Waals surface area contributed by atoms with Gasteiger partial charge < -0.3 is 0 Å². The predicted molar refractivity (Wildman–Crippen MR) is 67.8 cm³/mol. The van der Waals surface area contributed by atoms with E-state index in [-0.39, 0.29) is 0 Å². The van der Waals surface area contributed by atoms with Crippen LogP contribution in [0.25, 0.3) is 0 Å². The quantitative estimate of drug-likeness (QED) is 0.565. The standard InChI is InChI=1S/C12H17BS/c1-12(2,7-8-14)9-10-3-5-11(13)6-4-10/h3-6,14H,7-9H2,1-2H3. The van der Waals surface area contributed by atoms with Crippen LogP contribution in [0.1, 0.15) is 25.8 Å². The van der Waals surface area contributed by atoms with Gasteiger partial charge in [0.2, 0.25) is 0 Å². The first-order chi connectivity index (χ1) is 6.53. The molecule has 0 saturated heterocycles. The molecular formula is C12H17BS. The second kappa shape index (κ2) is 4.93. The zero-order valence-corrected chi connectivity index (χ0v) is 9.85. The molecule has 14 heavy (non-hydrogen) atoms. The zero-order valence-electron chi connectivity index (χ0n) is 8.96. The maximum Gasteiger partial charge on any atom is 0.113 e. The Labute approximate surface area is 93.9 Å². The van der Waals surface area contributed by atoms with Crippen LogP contribution in [0, 0.1) is 5.41 Å². The van der Waals surface area contributed by atoms with E-state index in [0.29, 0.717) is 5.41 Å². The molecular weight excluding hydrogens is 187 g/mol.